The molecule has 0 unspecified atom stereocenters. The summed E-state index contributed by atoms with van der Waals surface area (Å²) < 4.78 is 15.5. The van der Waals surface area contributed by atoms with Crippen LogP contribution in [0.4, 0.5) is 0 Å². The van der Waals surface area contributed by atoms with Gasteiger partial charge >= 0.3 is 5.97 Å². The first-order valence-electron chi connectivity index (χ1n) is 6.55. The van der Waals surface area contributed by atoms with E-state index in [0.29, 0.717) is 22.8 Å². The molecule has 2 rings (SSSR count). The highest BCUT2D eigenvalue weighted by Crippen LogP contribution is 2.15. The molecule has 0 aliphatic heterocycles. The summed E-state index contributed by atoms with van der Waals surface area (Å²) >= 11 is 0. The van der Waals surface area contributed by atoms with Gasteiger partial charge in [0.1, 0.15) is 22.8 Å². The Bertz CT molecular complexity index is 627. The molecule has 0 spiro atoms. The molecule has 2 heterocycles. The molecule has 2 aromatic rings. The second-order valence-corrected chi connectivity index (χ2v) is 4.67. The predicted octanol–water partition coefficient (Wildman–Crippen LogP) is 2.35. The van der Waals surface area contributed by atoms with Gasteiger partial charge in [-0.05, 0) is 39.0 Å². The van der Waals surface area contributed by atoms with E-state index in [-0.39, 0.29) is 6.54 Å². The van der Waals surface area contributed by atoms with Crippen LogP contribution >= 0.6 is 0 Å². The van der Waals surface area contributed by atoms with E-state index in [1.54, 1.807) is 32.0 Å². The van der Waals surface area contributed by atoms with Crippen molar-refractivity contribution in [3.8, 4) is 0 Å². The maximum absolute atomic E-state index is 11.9. The maximum Gasteiger partial charge on any atom is 0.342 e. The highest BCUT2D eigenvalue weighted by atomic mass is 16.5. The van der Waals surface area contributed by atoms with Crippen molar-refractivity contribution in [3.63, 3.8) is 0 Å². The molecule has 0 aliphatic carbocycles. The Kier molecular flexibility index (Phi) is 4.47. The molecule has 0 radical (unpaired) electrons. The van der Waals surface area contributed by atoms with Crippen LogP contribution in [0.15, 0.2) is 33.3 Å². The van der Waals surface area contributed by atoms with E-state index >= 15 is 0 Å². The molecule has 112 valence electrons. The van der Waals surface area contributed by atoms with Crippen molar-refractivity contribution in [2.24, 2.45) is 0 Å². The summed E-state index contributed by atoms with van der Waals surface area (Å²) in [7, 11) is 0. The Hall–Kier alpha value is -2.50. The van der Waals surface area contributed by atoms with Gasteiger partial charge in [0.2, 0.25) is 0 Å². The number of esters is 1. The highest BCUT2D eigenvalue weighted by Gasteiger charge is 2.21. The highest BCUT2D eigenvalue weighted by molar-refractivity contribution is 5.93. The average molecular weight is 291 g/mol. The second-order valence-electron chi connectivity index (χ2n) is 4.67. The monoisotopic (exact) mass is 291 g/mol. The number of hydrogen-bond acceptors (Lipinski definition) is 5. The number of hydrogen-bond donors (Lipinski definition) is 1. The fraction of sp³-hybridized carbons (Fsp3) is 0.333. The van der Waals surface area contributed by atoms with Crippen LogP contribution in [0.25, 0.3) is 0 Å². The van der Waals surface area contributed by atoms with Crippen LogP contribution in [0.5, 0.6) is 0 Å². The summed E-state index contributed by atoms with van der Waals surface area (Å²) in [6.07, 6.45) is 0.622. The number of furan rings is 2. The average Bonchev–Trinajstić information content (AvgIpc) is 3.05. The Morgan fingerprint density at radius 2 is 2.14 bits per heavy atom. The fourth-order valence-corrected chi connectivity index (χ4v) is 1.84. The molecule has 6 heteroatoms. The number of carbonyl (C=O) groups is 2. The van der Waals surface area contributed by atoms with Crippen molar-refractivity contribution >= 4 is 11.9 Å². The molecule has 0 saturated carbocycles. The third kappa shape index (κ3) is 3.75. The Balaban J connectivity index is 1.88. The van der Waals surface area contributed by atoms with Crippen LogP contribution in [0.2, 0.25) is 0 Å². The van der Waals surface area contributed by atoms with Gasteiger partial charge in [0, 0.05) is 0 Å². The summed E-state index contributed by atoms with van der Waals surface area (Å²) in [4.78, 5) is 23.8. The zero-order valence-electron chi connectivity index (χ0n) is 12.1. The smallest absolute Gasteiger partial charge is 0.342 e. The Morgan fingerprint density at radius 3 is 2.71 bits per heavy atom. The van der Waals surface area contributed by atoms with Gasteiger partial charge in [-0.2, -0.15) is 0 Å². The van der Waals surface area contributed by atoms with Crippen LogP contribution in [0.3, 0.4) is 0 Å². The molecule has 0 aromatic carbocycles. The van der Waals surface area contributed by atoms with E-state index in [4.69, 9.17) is 13.6 Å². The zero-order chi connectivity index (χ0) is 15.4. The van der Waals surface area contributed by atoms with Crippen LogP contribution in [-0.2, 0) is 16.1 Å². The maximum atomic E-state index is 11.9. The molecule has 1 N–H and O–H groups in total. The normalized spacial score (nSPS) is 12.0. The van der Waals surface area contributed by atoms with E-state index in [1.807, 2.05) is 0 Å². The SMILES string of the molecule is Cc1cc(C(=O)O[C@@H](C)C(=O)NCc2ccco2)c(C)o1. The second kappa shape index (κ2) is 6.30. The van der Waals surface area contributed by atoms with Gasteiger partial charge in [-0.1, -0.05) is 0 Å². The van der Waals surface area contributed by atoms with Crippen LogP contribution < -0.4 is 5.32 Å². The summed E-state index contributed by atoms with van der Waals surface area (Å²) in [5.41, 5.74) is 0.332. The summed E-state index contributed by atoms with van der Waals surface area (Å²) in [6.45, 7) is 5.17. The van der Waals surface area contributed by atoms with E-state index in [0.717, 1.165) is 0 Å². The van der Waals surface area contributed by atoms with Gasteiger partial charge in [-0.25, -0.2) is 4.79 Å². The first-order chi connectivity index (χ1) is 9.97. The Morgan fingerprint density at radius 1 is 1.38 bits per heavy atom. The van der Waals surface area contributed by atoms with E-state index in [1.165, 1.54) is 13.2 Å². The molecule has 1 atom stereocenters. The number of nitrogens with one attached hydrogen (secondary N) is 1. The minimum Gasteiger partial charge on any atom is -0.467 e. The lowest BCUT2D eigenvalue weighted by atomic mass is 10.2. The molecular weight excluding hydrogens is 274 g/mol. The Labute approximate surface area is 122 Å². The van der Waals surface area contributed by atoms with Crippen LogP contribution in [-0.4, -0.2) is 18.0 Å². The lowest BCUT2D eigenvalue weighted by molar-refractivity contribution is -0.129. The molecule has 2 aromatic heterocycles. The number of rotatable bonds is 5. The fourth-order valence-electron chi connectivity index (χ4n) is 1.84. The molecule has 0 saturated heterocycles. The van der Waals surface area contributed by atoms with Crippen molar-refractivity contribution in [1.82, 2.24) is 5.32 Å². The quantitative estimate of drug-likeness (QED) is 0.855. The molecule has 0 bridgehead atoms. The topological polar surface area (TPSA) is 81.7 Å². The van der Waals surface area contributed by atoms with Crippen molar-refractivity contribution in [2.45, 2.75) is 33.4 Å². The van der Waals surface area contributed by atoms with E-state index in [9.17, 15) is 9.59 Å². The molecule has 0 aliphatic rings. The van der Waals surface area contributed by atoms with Crippen LogP contribution in [0.1, 0.15) is 34.6 Å². The molecule has 0 fully saturated rings. The number of ether oxygens (including phenoxy) is 1. The molecule has 6 nitrogen and oxygen atoms in total. The number of carbonyl (C=O) groups excluding carboxylic acids is 2. The summed E-state index contributed by atoms with van der Waals surface area (Å²) in [6, 6.07) is 5.06. The first-order valence-corrected chi connectivity index (χ1v) is 6.55. The first kappa shape index (κ1) is 14.9. The number of aryl methyl sites for hydroxylation is 2. The largest absolute Gasteiger partial charge is 0.467 e. The van der Waals surface area contributed by atoms with Gasteiger partial charge in [0.05, 0.1) is 12.8 Å². The third-order valence-electron chi connectivity index (χ3n) is 2.93. The number of amides is 1. The van der Waals surface area contributed by atoms with E-state index in [2.05, 4.69) is 5.32 Å². The van der Waals surface area contributed by atoms with Crippen molar-refractivity contribution in [3.05, 3.63) is 47.3 Å². The molecule has 1 amide bonds. The summed E-state index contributed by atoms with van der Waals surface area (Å²) in [5.74, 6) is 0.751. The van der Waals surface area contributed by atoms with Gasteiger partial charge < -0.3 is 18.9 Å². The third-order valence-corrected chi connectivity index (χ3v) is 2.93. The standard InChI is InChI=1S/C15H17NO5/c1-9-7-13(10(2)20-9)15(18)21-11(3)14(17)16-8-12-5-4-6-19-12/h4-7,11H,8H2,1-3H3,(H,16,17)/t11-/m0/s1. The van der Waals surface area contributed by atoms with Gasteiger partial charge in [0.25, 0.3) is 5.91 Å². The van der Waals surface area contributed by atoms with Gasteiger partial charge in [-0.15, -0.1) is 0 Å². The predicted molar refractivity (Wildman–Crippen MR) is 73.6 cm³/mol. The summed E-state index contributed by atoms with van der Waals surface area (Å²) in [5, 5.41) is 2.63. The lowest BCUT2D eigenvalue weighted by Crippen LogP contribution is -2.35. The van der Waals surface area contributed by atoms with Gasteiger partial charge in [-0.3, -0.25) is 4.79 Å². The van der Waals surface area contributed by atoms with Crippen molar-refractivity contribution < 1.29 is 23.2 Å². The van der Waals surface area contributed by atoms with Gasteiger partial charge in [0.15, 0.2) is 6.10 Å². The lowest BCUT2D eigenvalue weighted by Gasteiger charge is -2.12. The van der Waals surface area contributed by atoms with Crippen LogP contribution in [0, 0.1) is 13.8 Å². The van der Waals surface area contributed by atoms with Crippen molar-refractivity contribution in [2.75, 3.05) is 0 Å². The van der Waals surface area contributed by atoms with Crippen molar-refractivity contribution in [1.29, 1.82) is 0 Å². The minimum atomic E-state index is -0.901. The minimum absolute atomic E-state index is 0.248. The molecular formula is C15H17NO5. The zero-order valence-corrected chi connectivity index (χ0v) is 12.1. The van der Waals surface area contributed by atoms with E-state index < -0.39 is 18.0 Å². The molecule has 21 heavy (non-hydrogen) atoms.